The Morgan fingerprint density at radius 2 is 2.07 bits per heavy atom. The molecule has 1 aliphatic carbocycles. The first-order valence-corrected chi connectivity index (χ1v) is 4.89. The first kappa shape index (κ1) is 11.0. The Kier molecular flexibility index (Phi) is 2.79. The van der Waals surface area contributed by atoms with Gasteiger partial charge < -0.3 is 5.32 Å². The number of hydrogen-bond donors (Lipinski definition) is 1. The molecule has 0 spiro atoms. The number of carbonyl (C=O) groups excluding carboxylic acids is 2. The zero-order valence-electron chi connectivity index (χ0n) is 9.18. The van der Waals surface area contributed by atoms with Crippen molar-refractivity contribution in [2.75, 3.05) is 0 Å². The third-order valence-corrected chi connectivity index (χ3v) is 2.12. The van der Waals surface area contributed by atoms with Crippen LogP contribution in [0.3, 0.4) is 0 Å². The van der Waals surface area contributed by atoms with Crippen LogP contribution in [0.15, 0.2) is 11.6 Å². The third kappa shape index (κ3) is 2.44. The van der Waals surface area contributed by atoms with Gasteiger partial charge in [-0.2, -0.15) is 0 Å². The Labute approximate surface area is 84.6 Å². The molecule has 3 nitrogen and oxygen atoms in total. The molecule has 0 saturated heterocycles. The molecule has 1 N–H and O–H groups in total. The Hall–Kier alpha value is -1.12. The van der Waals surface area contributed by atoms with E-state index in [1.807, 2.05) is 27.7 Å². The normalized spacial score (nSPS) is 19.8. The number of carbonyl (C=O) groups is 2. The van der Waals surface area contributed by atoms with Gasteiger partial charge in [0.25, 0.3) is 5.91 Å². The van der Waals surface area contributed by atoms with Crippen molar-refractivity contribution in [2.24, 2.45) is 5.41 Å². The van der Waals surface area contributed by atoms with Crippen molar-refractivity contribution in [3.63, 3.8) is 0 Å². The highest BCUT2D eigenvalue weighted by Crippen LogP contribution is 2.32. The van der Waals surface area contributed by atoms with Gasteiger partial charge in [0.1, 0.15) is 0 Å². The van der Waals surface area contributed by atoms with Crippen LogP contribution in [0.25, 0.3) is 0 Å². The third-order valence-electron chi connectivity index (χ3n) is 2.12. The van der Waals surface area contributed by atoms with E-state index in [1.165, 1.54) is 0 Å². The monoisotopic (exact) mass is 195 g/mol. The van der Waals surface area contributed by atoms with Crippen LogP contribution in [-0.4, -0.2) is 17.7 Å². The van der Waals surface area contributed by atoms with E-state index in [4.69, 9.17) is 0 Å². The van der Waals surface area contributed by atoms with Crippen molar-refractivity contribution in [3.05, 3.63) is 11.6 Å². The molecule has 0 unspecified atom stereocenters. The summed E-state index contributed by atoms with van der Waals surface area (Å²) in [4.78, 5) is 23.0. The fourth-order valence-corrected chi connectivity index (χ4v) is 1.56. The predicted molar refractivity (Wildman–Crippen MR) is 54.8 cm³/mol. The highest BCUT2D eigenvalue weighted by atomic mass is 16.2. The maximum Gasteiger partial charge on any atom is 0.254 e. The zero-order valence-corrected chi connectivity index (χ0v) is 9.18. The van der Waals surface area contributed by atoms with E-state index in [-0.39, 0.29) is 23.1 Å². The summed E-state index contributed by atoms with van der Waals surface area (Å²) in [5.41, 5.74) is 0.157. The number of allylic oxidation sites excluding steroid dienone is 1. The van der Waals surface area contributed by atoms with Crippen molar-refractivity contribution >= 4 is 11.7 Å². The minimum atomic E-state index is -0.240. The van der Waals surface area contributed by atoms with Crippen molar-refractivity contribution in [2.45, 2.75) is 40.2 Å². The molecule has 1 rings (SSSR count). The lowest BCUT2D eigenvalue weighted by molar-refractivity contribution is -0.122. The van der Waals surface area contributed by atoms with Gasteiger partial charge in [-0.3, -0.25) is 9.59 Å². The number of Topliss-reactive ketones (excluding diaryl/α,β-unsaturated/α-hetero) is 1. The summed E-state index contributed by atoms with van der Waals surface area (Å²) in [5, 5.41) is 2.72. The highest BCUT2D eigenvalue weighted by Gasteiger charge is 2.33. The summed E-state index contributed by atoms with van der Waals surface area (Å²) in [7, 11) is 0. The standard InChI is InChI=1S/C11H17NO2/c1-7(2)12-10(14)8-5-11(3,4)6-9(8)13/h5,7H,6H2,1-4H3,(H,12,14). The molecule has 0 fully saturated rings. The molecule has 0 aromatic carbocycles. The number of hydrogen-bond acceptors (Lipinski definition) is 2. The van der Waals surface area contributed by atoms with Gasteiger partial charge in [0.05, 0.1) is 5.57 Å². The lowest BCUT2D eigenvalue weighted by Gasteiger charge is -2.10. The molecule has 0 radical (unpaired) electrons. The molecule has 1 amide bonds. The van der Waals surface area contributed by atoms with Crippen molar-refractivity contribution < 1.29 is 9.59 Å². The molecular weight excluding hydrogens is 178 g/mol. The summed E-state index contributed by atoms with van der Waals surface area (Å²) in [6.07, 6.45) is 2.21. The van der Waals surface area contributed by atoms with Crippen LogP contribution < -0.4 is 5.32 Å². The summed E-state index contributed by atoms with van der Waals surface area (Å²) in [6, 6.07) is 0.0694. The van der Waals surface area contributed by atoms with Crippen molar-refractivity contribution in [1.82, 2.24) is 5.32 Å². The Morgan fingerprint density at radius 1 is 1.50 bits per heavy atom. The van der Waals surface area contributed by atoms with Crippen LogP contribution in [0.2, 0.25) is 0 Å². The first-order valence-electron chi connectivity index (χ1n) is 4.89. The van der Waals surface area contributed by atoms with Gasteiger partial charge in [-0.05, 0) is 19.3 Å². The fourth-order valence-electron chi connectivity index (χ4n) is 1.56. The van der Waals surface area contributed by atoms with E-state index in [1.54, 1.807) is 6.08 Å². The van der Waals surface area contributed by atoms with Gasteiger partial charge in [-0.15, -0.1) is 0 Å². The van der Waals surface area contributed by atoms with Crippen LogP contribution in [0.5, 0.6) is 0 Å². The number of amides is 1. The molecule has 0 aliphatic heterocycles. The lowest BCUT2D eigenvalue weighted by atomic mass is 9.93. The van der Waals surface area contributed by atoms with Gasteiger partial charge >= 0.3 is 0 Å². The SMILES string of the molecule is CC(C)NC(=O)C1=CC(C)(C)CC1=O. The maximum atomic E-state index is 11.6. The second-order valence-corrected chi connectivity index (χ2v) is 4.77. The van der Waals surface area contributed by atoms with Crippen LogP contribution in [0.4, 0.5) is 0 Å². The van der Waals surface area contributed by atoms with Crippen LogP contribution >= 0.6 is 0 Å². The van der Waals surface area contributed by atoms with Crippen LogP contribution in [-0.2, 0) is 9.59 Å². The smallest absolute Gasteiger partial charge is 0.254 e. The average Bonchev–Trinajstić information content (AvgIpc) is 2.23. The minimum Gasteiger partial charge on any atom is -0.350 e. The summed E-state index contributed by atoms with van der Waals surface area (Å²) in [5.74, 6) is -0.288. The van der Waals surface area contributed by atoms with Crippen molar-refractivity contribution in [1.29, 1.82) is 0 Å². The van der Waals surface area contributed by atoms with E-state index in [0.717, 1.165) is 0 Å². The zero-order chi connectivity index (χ0) is 10.9. The molecular formula is C11H17NO2. The molecule has 1 aliphatic rings. The van der Waals surface area contributed by atoms with Crippen LogP contribution in [0, 0.1) is 5.41 Å². The molecule has 3 heteroatoms. The van der Waals surface area contributed by atoms with Gasteiger partial charge in [-0.25, -0.2) is 0 Å². The Morgan fingerprint density at radius 3 is 2.43 bits per heavy atom. The summed E-state index contributed by atoms with van der Waals surface area (Å²) < 4.78 is 0. The Bertz CT molecular complexity index is 300. The molecule has 0 atom stereocenters. The second-order valence-electron chi connectivity index (χ2n) is 4.77. The van der Waals surface area contributed by atoms with E-state index >= 15 is 0 Å². The van der Waals surface area contributed by atoms with Crippen LogP contribution in [0.1, 0.15) is 34.1 Å². The molecule has 0 saturated carbocycles. The molecule has 0 aromatic rings. The maximum absolute atomic E-state index is 11.6. The molecule has 78 valence electrons. The quantitative estimate of drug-likeness (QED) is 0.678. The lowest BCUT2D eigenvalue weighted by Crippen LogP contribution is -2.32. The molecule has 14 heavy (non-hydrogen) atoms. The molecule has 0 heterocycles. The predicted octanol–water partition coefficient (Wildman–Crippen LogP) is 1.44. The van der Waals surface area contributed by atoms with Gasteiger partial charge in [0, 0.05) is 12.5 Å². The second kappa shape index (κ2) is 3.56. The highest BCUT2D eigenvalue weighted by molar-refractivity contribution is 6.21. The number of ketones is 1. The minimum absolute atomic E-state index is 0.0480. The van der Waals surface area contributed by atoms with Gasteiger partial charge in [0.15, 0.2) is 5.78 Å². The van der Waals surface area contributed by atoms with Gasteiger partial charge in [0.2, 0.25) is 0 Å². The average molecular weight is 195 g/mol. The first-order chi connectivity index (χ1) is 6.32. The number of nitrogens with one attached hydrogen (secondary N) is 1. The topological polar surface area (TPSA) is 46.2 Å². The Balaban J connectivity index is 2.78. The van der Waals surface area contributed by atoms with E-state index in [9.17, 15) is 9.59 Å². The summed E-state index contributed by atoms with van der Waals surface area (Å²) in [6.45, 7) is 7.67. The van der Waals surface area contributed by atoms with E-state index in [0.29, 0.717) is 12.0 Å². The largest absolute Gasteiger partial charge is 0.350 e. The van der Waals surface area contributed by atoms with Crippen molar-refractivity contribution in [3.8, 4) is 0 Å². The van der Waals surface area contributed by atoms with E-state index < -0.39 is 0 Å². The fraction of sp³-hybridized carbons (Fsp3) is 0.636. The van der Waals surface area contributed by atoms with Gasteiger partial charge in [-0.1, -0.05) is 19.9 Å². The van der Waals surface area contributed by atoms with E-state index in [2.05, 4.69) is 5.32 Å². The molecule has 0 bridgehead atoms. The molecule has 0 aromatic heterocycles. The summed E-state index contributed by atoms with van der Waals surface area (Å²) >= 11 is 0. The number of rotatable bonds is 2.